The second-order valence-corrected chi connectivity index (χ2v) is 3.82. The first-order valence-electron chi connectivity index (χ1n) is 6.04. The topological polar surface area (TPSA) is 69.4 Å². The van der Waals surface area contributed by atoms with Crippen LogP contribution < -0.4 is 14.8 Å². The summed E-state index contributed by atoms with van der Waals surface area (Å²) in [5, 5.41) is 11.1. The van der Waals surface area contributed by atoms with Crippen LogP contribution in [0.5, 0.6) is 11.5 Å². The maximum Gasteiger partial charge on any atom is 0.251 e. The highest BCUT2D eigenvalue weighted by Crippen LogP contribution is 2.36. The van der Waals surface area contributed by atoms with Gasteiger partial charge in [-0.05, 0) is 18.7 Å². The van der Waals surface area contributed by atoms with Gasteiger partial charge in [-0.1, -0.05) is 13.0 Å². The molecular weight excluding hydrogens is 246 g/mol. The normalized spacial score (nSPS) is 10.5. The summed E-state index contributed by atoms with van der Waals surface area (Å²) >= 11 is 0. The Labute approximate surface area is 111 Å². The molecule has 102 valence electrons. The van der Waals surface area contributed by atoms with Crippen LogP contribution in [0.3, 0.4) is 0 Å². The Morgan fingerprint density at radius 3 is 2.74 bits per heavy atom. The summed E-state index contributed by atoms with van der Waals surface area (Å²) in [4.78, 5) is 0. The molecule has 0 radical (unpaired) electrons. The molecule has 6 nitrogen and oxygen atoms in total. The zero-order chi connectivity index (χ0) is 13.7. The average Bonchev–Trinajstić information content (AvgIpc) is 2.92. The lowest BCUT2D eigenvalue weighted by atomic mass is 10.2. The first-order valence-corrected chi connectivity index (χ1v) is 6.04. The van der Waals surface area contributed by atoms with Gasteiger partial charge in [0.25, 0.3) is 5.89 Å². The van der Waals surface area contributed by atoms with Crippen molar-refractivity contribution in [1.29, 1.82) is 0 Å². The van der Waals surface area contributed by atoms with Crippen molar-refractivity contribution in [1.82, 2.24) is 15.5 Å². The van der Waals surface area contributed by atoms with Gasteiger partial charge in [-0.2, -0.15) is 0 Å². The molecule has 1 N–H and O–H groups in total. The molecule has 1 heterocycles. The van der Waals surface area contributed by atoms with Crippen LogP contribution in [0.25, 0.3) is 11.5 Å². The minimum atomic E-state index is 0.420. The highest BCUT2D eigenvalue weighted by atomic mass is 16.5. The van der Waals surface area contributed by atoms with E-state index in [1.807, 2.05) is 25.1 Å². The molecule has 0 saturated heterocycles. The molecule has 0 aliphatic rings. The standard InChI is InChI=1S/C13H17N3O3/c1-4-14-8-11-15-16-13(19-11)9-6-5-7-10(17-2)12(9)18-3/h5-7,14H,4,8H2,1-3H3. The fourth-order valence-corrected chi connectivity index (χ4v) is 1.72. The summed E-state index contributed by atoms with van der Waals surface area (Å²) in [6.45, 7) is 3.42. The summed E-state index contributed by atoms with van der Waals surface area (Å²) in [7, 11) is 3.17. The van der Waals surface area contributed by atoms with Crippen LogP contribution >= 0.6 is 0 Å². The van der Waals surface area contributed by atoms with Gasteiger partial charge in [0, 0.05) is 0 Å². The number of methoxy groups -OCH3 is 2. The van der Waals surface area contributed by atoms with Crippen LogP contribution in [0.2, 0.25) is 0 Å². The number of rotatable bonds is 6. The SMILES string of the molecule is CCNCc1nnc(-c2cccc(OC)c2OC)o1. The van der Waals surface area contributed by atoms with E-state index in [1.54, 1.807) is 14.2 Å². The summed E-state index contributed by atoms with van der Waals surface area (Å²) in [6.07, 6.45) is 0. The van der Waals surface area contributed by atoms with Crippen molar-refractivity contribution in [2.75, 3.05) is 20.8 Å². The average molecular weight is 263 g/mol. The summed E-state index contributed by atoms with van der Waals surface area (Å²) in [5.74, 6) is 2.18. The maximum absolute atomic E-state index is 5.59. The van der Waals surface area contributed by atoms with Crippen molar-refractivity contribution in [2.24, 2.45) is 0 Å². The number of nitrogens with zero attached hydrogens (tertiary/aromatic N) is 2. The van der Waals surface area contributed by atoms with E-state index in [-0.39, 0.29) is 0 Å². The van der Waals surface area contributed by atoms with Crippen LogP contribution in [0.1, 0.15) is 12.8 Å². The van der Waals surface area contributed by atoms with Crippen LogP contribution in [0.15, 0.2) is 22.6 Å². The monoisotopic (exact) mass is 263 g/mol. The third kappa shape index (κ3) is 2.85. The molecule has 0 fully saturated rings. The van der Waals surface area contributed by atoms with E-state index in [4.69, 9.17) is 13.9 Å². The van der Waals surface area contributed by atoms with Gasteiger partial charge in [0.1, 0.15) is 0 Å². The zero-order valence-electron chi connectivity index (χ0n) is 11.3. The van der Waals surface area contributed by atoms with Crippen LogP contribution in [0.4, 0.5) is 0 Å². The lowest BCUT2D eigenvalue weighted by Crippen LogP contribution is -2.11. The van der Waals surface area contributed by atoms with Gasteiger partial charge in [0.15, 0.2) is 11.5 Å². The van der Waals surface area contributed by atoms with E-state index in [0.29, 0.717) is 29.8 Å². The molecule has 6 heteroatoms. The zero-order valence-corrected chi connectivity index (χ0v) is 11.3. The molecule has 0 amide bonds. The molecule has 1 aromatic heterocycles. The predicted octanol–water partition coefficient (Wildman–Crippen LogP) is 1.86. The van der Waals surface area contributed by atoms with E-state index in [1.165, 1.54) is 0 Å². The first-order chi connectivity index (χ1) is 9.30. The Kier molecular flexibility index (Phi) is 4.35. The fourth-order valence-electron chi connectivity index (χ4n) is 1.72. The van der Waals surface area contributed by atoms with Gasteiger partial charge in [-0.25, -0.2) is 0 Å². The minimum Gasteiger partial charge on any atom is -0.493 e. The summed E-state index contributed by atoms with van der Waals surface area (Å²) in [6, 6.07) is 5.52. The molecule has 0 aliphatic heterocycles. The van der Waals surface area contributed by atoms with Crippen molar-refractivity contribution >= 4 is 0 Å². The van der Waals surface area contributed by atoms with E-state index in [2.05, 4.69) is 15.5 Å². The highest BCUT2D eigenvalue weighted by Gasteiger charge is 2.16. The van der Waals surface area contributed by atoms with Crippen LogP contribution in [-0.4, -0.2) is 31.0 Å². The Hall–Kier alpha value is -2.08. The Balaban J connectivity index is 2.33. The maximum atomic E-state index is 5.59. The molecule has 1 aromatic carbocycles. The van der Waals surface area contributed by atoms with Crippen molar-refractivity contribution in [3.63, 3.8) is 0 Å². The largest absolute Gasteiger partial charge is 0.493 e. The molecule has 19 heavy (non-hydrogen) atoms. The smallest absolute Gasteiger partial charge is 0.251 e. The number of aromatic nitrogens is 2. The lowest BCUT2D eigenvalue weighted by Gasteiger charge is -2.09. The van der Waals surface area contributed by atoms with Gasteiger partial charge in [0.2, 0.25) is 5.89 Å². The molecular formula is C13H17N3O3. The predicted molar refractivity (Wildman–Crippen MR) is 70.2 cm³/mol. The van der Waals surface area contributed by atoms with Gasteiger partial charge >= 0.3 is 0 Å². The van der Waals surface area contributed by atoms with Crippen molar-refractivity contribution in [2.45, 2.75) is 13.5 Å². The summed E-state index contributed by atoms with van der Waals surface area (Å²) in [5.41, 5.74) is 0.720. The Morgan fingerprint density at radius 2 is 2.05 bits per heavy atom. The number of ether oxygens (including phenoxy) is 2. The number of hydrogen-bond donors (Lipinski definition) is 1. The van der Waals surface area contributed by atoms with Gasteiger partial charge < -0.3 is 19.2 Å². The van der Waals surface area contributed by atoms with Gasteiger partial charge in [0.05, 0.1) is 26.3 Å². The van der Waals surface area contributed by atoms with Crippen molar-refractivity contribution in [3.8, 4) is 23.0 Å². The van der Waals surface area contributed by atoms with Crippen molar-refractivity contribution < 1.29 is 13.9 Å². The van der Waals surface area contributed by atoms with Gasteiger partial charge in [-0.3, -0.25) is 0 Å². The Bertz CT molecular complexity index is 540. The third-order valence-corrected chi connectivity index (χ3v) is 2.63. The quantitative estimate of drug-likeness (QED) is 0.858. The Morgan fingerprint density at radius 1 is 1.21 bits per heavy atom. The molecule has 2 aromatic rings. The second kappa shape index (κ2) is 6.19. The van der Waals surface area contributed by atoms with E-state index in [0.717, 1.165) is 12.1 Å². The molecule has 0 unspecified atom stereocenters. The highest BCUT2D eigenvalue weighted by molar-refractivity contribution is 5.67. The van der Waals surface area contributed by atoms with E-state index in [9.17, 15) is 0 Å². The number of nitrogens with one attached hydrogen (secondary N) is 1. The lowest BCUT2D eigenvalue weighted by molar-refractivity contribution is 0.355. The minimum absolute atomic E-state index is 0.420. The molecule has 0 aliphatic carbocycles. The fraction of sp³-hybridized carbons (Fsp3) is 0.385. The number of benzene rings is 1. The van der Waals surface area contributed by atoms with E-state index >= 15 is 0 Å². The molecule has 0 spiro atoms. The van der Waals surface area contributed by atoms with Gasteiger partial charge in [-0.15, -0.1) is 10.2 Å². The molecule has 0 saturated carbocycles. The molecule has 0 bridgehead atoms. The van der Waals surface area contributed by atoms with E-state index < -0.39 is 0 Å². The summed E-state index contributed by atoms with van der Waals surface area (Å²) < 4.78 is 16.2. The van der Waals surface area contributed by atoms with Crippen LogP contribution in [-0.2, 0) is 6.54 Å². The molecule has 0 atom stereocenters. The number of hydrogen-bond acceptors (Lipinski definition) is 6. The third-order valence-electron chi connectivity index (χ3n) is 2.63. The number of para-hydroxylation sites is 1. The van der Waals surface area contributed by atoms with Crippen LogP contribution in [0, 0.1) is 0 Å². The second-order valence-electron chi connectivity index (χ2n) is 3.82. The first kappa shape index (κ1) is 13.4. The van der Waals surface area contributed by atoms with Crippen molar-refractivity contribution in [3.05, 3.63) is 24.1 Å². The molecule has 2 rings (SSSR count).